The average molecular weight is 491 g/mol. The van der Waals surface area contributed by atoms with E-state index in [0.29, 0.717) is 34.2 Å². The molecule has 3 rings (SSSR count). The van der Waals surface area contributed by atoms with E-state index in [0.717, 1.165) is 0 Å². The normalized spacial score (nSPS) is 10.1. The fourth-order valence-electron chi connectivity index (χ4n) is 3.06. The van der Waals surface area contributed by atoms with Crippen LogP contribution in [0.3, 0.4) is 0 Å². The van der Waals surface area contributed by atoms with Crippen molar-refractivity contribution in [2.24, 2.45) is 0 Å². The molecule has 2 N–H and O–H groups in total. The molecule has 0 aromatic heterocycles. The number of ether oxygens (including phenoxy) is 4. The lowest BCUT2D eigenvalue weighted by atomic mass is 10.2. The van der Waals surface area contributed by atoms with E-state index in [1.165, 1.54) is 19.2 Å². The number of esters is 1. The van der Waals surface area contributed by atoms with Gasteiger partial charge in [-0.1, -0.05) is 12.7 Å². The highest BCUT2D eigenvalue weighted by molar-refractivity contribution is 6.04. The fourth-order valence-corrected chi connectivity index (χ4v) is 3.06. The van der Waals surface area contributed by atoms with E-state index in [9.17, 15) is 14.4 Å². The van der Waals surface area contributed by atoms with Gasteiger partial charge in [-0.05, 0) is 66.7 Å². The van der Waals surface area contributed by atoms with Gasteiger partial charge in [0.15, 0.2) is 18.1 Å². The number of amides is 2. The van der Waals surface area contributed by atoms with E-state index < -0.39 is 18.5 Å². The Hall–Kier alpha value is -4.79. The molecular weight excluding hydrogens is 464 g/mol. The Bertz CT molecular complexity index is 1220. The van der Waals surface area contributed by atoms with Crippen LogP contribution >= 0.6 is 0 Å². The Morgan fingerprint density at radius 2 is 1.44 bits per heavy atom. The standard InChI is InChI=1S/C27H26N2O7/c1-4-15-35-23-14-7-19(16-24(23)34-3)27(32)36-17-25(30)28-20-8-5-18(6-9-20)26(31)29-21-10-12-22(33-2)13-11-21/h4-14,16H,1,15,17H2,2-3H3,(H,28,30)(H,29,31). The summed E-state index contributed by atoms with van der Waals surface area (Å²) in [4.78, 5) is 37.0. The van der Waals surface area contributed by atoms with Crippen molar-refractivity contribution in [1.29, 1.82) is 0 Å². The van der Waals surface area contributed by atoms with E-state index in [2.05, 4.69) is 17.2 Å². The molecule has 3 aromatic rings. The number of carbonyl (C=O) groups is 3. The van der Waals surface area contributed by atoms with Crippen molar-refractivity contribution >= 4 is 29.2 Å². The topological polar surface area (TPSA) is 112 Å². The highest BCUT2D eigenvalue weighted by Crippen LogP contribution is 2.28. The second-order valence-electron chi connectivity index (χ2n) is 7.35. The van der Waals surface area contributed by atoms with Crippen LogP contribution in [0.25, 0.3) is 0 Å². The monoisotopic (exact) mass is 490 g/mol. The highest BCUT2D eigenvalue weighted by Gasteiger charge is 2.14. The van der Waals surface area contributed by atoms with Crippen molar-refractivity contribution in [1.82, 2.24) is 0 Å². The van der Waals surface area contributed by atoms with E-state index in [4.69, 9.17) is 18.9 Å². The molecular formula is C27H26N2O7. The third-order valence-electron chi connectivity index (χ3n) is 4.87. The van der Waals surface area contributed by atoms with Crippen LogP contribution in [-0.2, 0) is 9.53 Å². The molecule has 0 unspecified atom stereocenters. The summed E-state index contributed by atoms with van der Waals surface area (Å²) in [5.74, 6) is -0.0331. The summed E-state index contributed by atoms with van der Waals surface area (Å²) < 4.78 is 20.9. The zero-order chi connectivity index (χ0) is 25.9. The quantitative estimate of drug-likeness (QED) is 0.304. The minimum atomic E-state index is -0.690. The number of benzene rings is 3. The molecule has 0 atom stereocenters. The van der Waals surface area contributed by atoms with Gasteiger partial charge in [0.05, 0.1) is 19.8 Å². The number of methoxy groups -OCH3 is 2. The number of carbonyl (C=O) groups excluding carboxylic acids is 3. The first kappa shape index (κ1) is 25.8. The third-order valence-corrected chi connectivity index (χ3v) is 4.87. The molecule has 0 radical (unpaired) electrons. The van der Waals surface area contributed by atoms with E-state index >= 15 is 0 Å². The molecule has 0 aliphatic heterocycles. The first-order valence-electron chi connectivity index (χ1n) is 10.9. The maximum atomic E-state index is 12.4. The van der Waals surface area contributed by atoms with E-state index in [-0.39, 0.29) is 18.1 Å². The van der Waals surface area contributed by atoms with Crippen LogP contribution in [0.5, 0.6) is 17.2 Å². The van der Waals surface area contributed by atoms with Gasteiger partial charge >= 0.3 is 5.97 Å². The molecule has 9 heteroatoms. The van der Waals surface area contributed by atoms with E-state index in [1.54, 1.807) is 67.8 Å². The van der Waals surface area contributed by atoms with Gasteiger partial charge in [-0.25, -0.2) is 4.79 Å². The molecule has 0 spiro atoms. The van der Waals surface area contributed by atoms with Gasteiger partial charge in [0, 0.05) is 16.9 Å². The van der Waals surface area contributed by atoms with Gasteiger partial charge in [-0.3, -0.25) is 9.59 Å². The van der Waals surface area contributed by atoms with Crippen LogP contribution in [0.15, 0.2) is 79.4 Å². The van der Waals surface area contributed by atoms with E-state index in [1.807, 2.05) is 0 Å². The molecule has 0 aliphatic rings. The Labute approximate surface area is 208 Å². The number of hydrogen-bond acceptors (Lipinski definition) is 7. The second kappa shape index (κ2) is 12.6. The maximum absolute atomic E-state index is 12.4. The summed E-state index contributed by atoms with van der Waals surface area (Å²) in [5.41, 5.74) is 1.68. The van der Waals surface area contributed by atoms with Crippen LogP contribution in [0.1, 0.15) is 20.7 Å². The zero-order valence-electron chi connectivity index (χ0n) is 19.9. The lowest BCUT2D eigenvalue weighted by molar-refractivity contribution is -0.119. The predicted molar refractivity (Wildman–Crippen MR) is 135 cm³/mol. The van der Waals surface area contributed by atoms with Gasteiger partial charge in [-0.2, -0.15) is 0 Å². The Balaban J connectivity index is 1.50. The number of anilines is 2. The number of nitrogens with one attached hydrogen (secondary N) is 2. The molecule has 0 aliphatic carbocycles. The number of hydrogen-bond donors (Lipinski definition) is 2. The molecule has 0 heterocycles. The summed E-state index contributed by atoms with van der Waals surface area (Å²) in [7, 11) is 3.02. The van der Waals surface area contributed by atoms with Crippen LogP contribution in [0, 0.1) is 0 Å². The molecule has 186 valence electrons. The molecule has 0 saturated heterocycles. The van der Waals surface area contributed by atoms with Crippen molar-refractivity contribution in [2.75, 3.05) is 38.1 Å². The third kappa shape index (κ3) is 7.10. The molecule has 36 heavy (non-hydrogen) atoms. The van der Waals surface area contributed by atoms with Gasteiger partial charge in [0.25, 0.3) is 11.8 Å². The smallest absolute Gasteiger partial charge is 0.338 e. The molecule has 0 saturated carbocycles. The SMILES string of the molecule is C=CCOc1ccc(C(=O)OCC(=O)Nc2ccc(C(=O)Nc3ccc(OC)cc3)cc2)cc1OC. The van der Waals surface area contributed by atoms with Crippen LogP contribution in [-0.4, -0.2) is 45.2 Å². The van der Waals surface area contributed by atoms with Crippen molar-refractivity contribution in [3.63, 3.8) is 0 Å². The molecule has 0 bridgehead atoms. The molecule has 9 nitrogen and oxygen atoms in total. The Morgan fingerprint density at radius 3 is 2.08 bits per heavy atom. The van der Waals surface area contributed by atoms with Gasteiger partial charge in [0.1, 0.15) is 12.4 Å². The minimum Gasteiger partial charge on any atom is -0.497 e. The number of rotatable bonds is 11. The summed E-state index contributed by atoms with van der Waals surface area (Å²) in [6.07, 6.45) is 1.59. The fraction of sp³-hybridized carbons (Fsp3) is 0.148. The minimum absolute atomic E-state index is 0.206. The average Bonchev–Trinajstić information content (AvgIpc) is 2.91. The molecule has 2 amide bonds. The zero-order valence-corrected chi connectivity index (χ0v) is 19.9. The Kier molecular flexibility index (Phi) is 9.05. The van der Waals surface area contributed by atoms with Gasteiger partial charge in [0.2, 0.25) is 0 Å². The van der Waals surface area contributed by atoms with Gasteiger partial charge in [-0.15, -0.1) is 0 Å². The first-order chi connectivity index (χ1) is 17.4. The highest BCUT2D eigenvalue weighted by atomic mass is 16.5. The second-order valence-corrected chi connectivity index (χ2v) is 7.35. The van der Waals surface area contributed by atoms with Crippen LogP contribution in [0.2, 0.25) is 0 Å². The summed E-state index contributed by atoms with van der Waals surface area (Å²) in [6.45, 7) is 3.38. The van der Waals surface area contributed by atoms with Gasteiger partial charge < -0.3 is 29.6 Å². The summed E-state index contributed by atoms with van der Waals surface area (Å²) >= 11 is 0. The summed E-state index contributed by atoms with van der Waals surface area (Å²) in [6, 6.07) is 17.8. The van der Waals surface area contributed by atoms with Crippen molar-refractivity contribution in [2.45, 2.75) is 0 Å². The molecule has 0 fully saturated rings. The lowest BCUT2D eigenvalue weighted by Crippen LogP contribution is -2.21. The van der Waals surface area contributed by atoms with Crippen molar-refractivity contribution in [3.05, 3.63) is 90.5 Å². The summed E-state index contributed by atoms with van der Waals surface area (Å²) in [5, 5.41) is 5.40. The van der Waals surface area contributed by atoms with Crippen molar-refractivity contribution in [3.8, 4) is 17.2 Å². The largest absolute Gasteiger partial charge is 0.497 e. The maximum Gasteiger partial charge on any atom is 0.338 e. The van der Waals surface area contributed by atoms with Crippen LogP contribution in [0.4, 0.5) is 11.4 Å². The van der Waals surface area contributed by atoms with Crippen molar-refractivity contribution < 1.29 is 33.3 Å². The van der Waals surface area contributed by atoms with Crippen LogP contribution < -0.4 is 24.8 Å². The molecule has 3 aromatic carbocycles. The lowest BCUT2D eigenvalue weighted by Gasteiger charge is -2.11. The Morgan fingerprint density at radius 1 is 0.806 bits per heavy atom. The first-order valence-corrected chi connectivity index (χ1v) is 10.9. The predicted octanol–water partition coefficient (Wildman–Crippen LogP) is 4.32.